The molecule has 2 heterocycles. The Morgan fingerprint density at radius 2 is 0.837 bits per heavy atom. The lowest BCUT2D eigenvalue weighted by Gasteiger charge is -2.11. The molecule has 4 heteroatoms. The van der Waals surface area contributed by atoms with Crippen LogP contribution in [0.1, 0.15) is 9.60 Å². The number of nitrogens with zero attached hydrogens (tertiary/aromatic N) is 3. The van der Waals surface area contributed by atoms with E-state index in [-0.39, 0.29) is 51.7 Å². The summed E-state index contributed by atoms with van der Waals surface area (Å²) in [5.74, 6) is 1.28. The molecule has 0 radical (unpaired) electrons. The summed E-state index contributed by atoms with van der Waals surface area (Å²) in [6.07, 6.45) is 0. The normalized spacial score (nSPS) is 13.3. The third-order valence-electron chi connectivity index (χ3n) is 8.43. The van der Waals surface area contributed by atoms with Gasteiger partial charge in [0, 0.05) is 27.5 Å². The Morgan fingerprint density at radius 1 is 0.367 bits per heavy atom. The molecule has 0 fully saturated rings. The zero-order valence-electron chi connectivity index (χ0n) is 33.0. The van der Waals surface area contributed by atoms with Crippen molar-refractivity contribution in [1.29, 1.82) is 0 Å². The Hall–Kier alpha value is -6.65. The molecule has 49 heavy (non-hydrogen) atoms. The first-order valence-electron chi connectivity index (χ1n) is 19.3. The summed E-state index contributed by atoms with van der Waals surface area (Å²) in [4.78, 5) is 14.8. The molecule has 0 amide bonds. The third kappa shape index (κ3) is 5.56. The minimum Gasteiger partial charge on any atom is -0.456 e. The Balaban J connectivity index is 1.18. The van der Waals surface area contributed by atoms with E-state index in [0.717, 1.165) is 33.4 Å². The van der Waals surface area contributed by atoms with Gasteiger partial charge in [-0.2, -0.15) is 0 Å². The summed E-state index contributed by atoms with van der Waals surface area (Å²) in [5.41, 5.74) is 6.77. The van der Waals surface area contributed by atoms with Crippen molar-refractivity contribution in [1.82, 2.24) is 15.0 Å². The number of benzene rings is 7. The Kier molecular flexibility index (Phi) is 5.47. The minimum absolute atomic E-state index is 0.00483. The van der Waals surface area contributed by atoms with E-state index in [1.54, 1.807) is 18.2 Å². The lowest BCUT2D eigenvalue weighted by atomic mass is 10.0. The van der Waals surface area contributed by atoms with Gasteiger partial charge in [-0.05, 0) is 57.6 Å². The standard InChI is InChI=1S/C45H29N3O/c1-3-10-30(11-4-1)32-18-22-34(23-19-32)43-46-44(35-24-20-33(21-25-35)31-12-5-2-6-13-31)48-45(47-43)38-15-9-14-36(28-38)37-26-27-40-39-16-7-8-17-41(39)49-42(40)29-37/h1-29H/i7D,8D,16D,17D,26D,27D,29D. The minimum atomic E-state index is -0.478. The van der Waals surface area contributed by atoms with Gasteiger partial charge in [0.15, 0.2) is 17.5 Å². The van der Waals surface area contributed by atoms with Crippen LogP contribution in [0.3, 0.4) is 0 Å². The first-order chi connectivity index (χ1) is 27.2. The van der Waals surface area contributed by atoms with Crippen molar-refractivity contribution in [3.63, 3.8) is 0 Å². The Bertz CT molecular complexity index is 2870. The molecule has 0 saturated carbocycles. The van der Waals surface area contributed by atoms with Gasteiger partial charge in [0.05, 0.1) is 9.60 Å². The van der Waals surface area contributed by atoms with Crippen molar-refractivity contribution in [2.75, 3.05) is 0 Å². The molecule has 9 aromatic rings. The first kappa shape index (κ1) is 22.0. The number of furan rings is 1. The van der Waals surface area contributed by atoms with Crippen LogP contribution in [0.2, 0.25) is 0 Å². The highest BCUT2D eigenvalue weighted by molar-refractivity contribution is 6.05. The number of fused-ring (bicyclic) bond motifs is 3. The van der Waals surface area contributed by atoms with Crippen molar-refractivity contribution in [3.05, 3.63) is 176 Å². The lowest BCUT2D eigenvalue weighted by Crippen LogP contribution is -2.00. The zero-order chi connectivity index (χ0) is 38.7. The van der Waals surface area contributed by atoms with Crippen molar-refractivity contribution in [2.45, 2.75) is 0 Å². The highest BCUT2D eigenvalue weighted by atomic mass is 16.3. The summed E-state index contributed by atoms with van der Waals surface area (Å²) in [5, 5.41) is -0.0117. The molecule has 0 atom stereocenters. The van der Waals surface area contributed by atoms with Gasteiger partial charge in [-0.15, -0.1) is 0 Å². The summed E-state index contributed by atoms with van der Waals surface area (Å²) >= 11 is 0. The molecule has 0 aliphatic carbocycles. The quantitative estimate of drug-likeness (QED) is 0.183. The maximum absolute atomic E-state index is 9.17. The predicted molar refractivity (Wildman–Crippen MR) is 200 cm³/mol. The first-order valence-corrected chi connectivity index (χ1v) is 15.8. The molecule has 9 rings (SSSR count). The lowest BCUT2D eigenvalue weighted by molar-refractivity contribution is 0.669. The summed E-state index contributed by atoms with van der Waals surface area (Å²) in [6, 6.07) is 40.8. The van der Waals surface area contributed by atoms with Crippen molar-refractivity contribution in [3.8, 4) is 67.5 Å². The van der Waals surface area contributed by atoms with Crippen LogP contribution < -0.4 is 0 Å². The van der Waals surface area contributed by atoms with E-state index in [0.29, 0.717) is 28.6 Å². The second kappa shape index (κ2) is 12.2. The molecule has 0 aliphatic rings. The molecule has 4 nitrogen and oxygen atoms in total. The van der Waals surface area contributed by atoms with E-state index in [4.69, 9.17) is 29.0 Å². The second-order valence-corrected chi connectivity index (χ2v) is 11.5. The maximum atomic E-state index is 9.17. The van der Waals surface area contributed by atoms with Crippen LogP contribution in [0.25, 0.3) is 89.5 Å². The number of aromatic nitrogens is 3. The van der Waals surface area contributed by atoms with Gasteiger partial charge in [0.25, 0.3) is 0 Å². The largest absolute Gasteiger partial charge is 0.456 e. The van der Waals surface area contributed by atoms with Gasteiger partial charge in [0.2, 0.25) is 0 Å². The number of hydrogen-bond donors (Lipinski definition) is 0. The highest BCUT2D eigenvalue weighted by Gasteiger charge is 2.15. The highest BCUT2D eigenvalue weighted by Crippen LogP contribution is 2.34. The fraction of sp³-hybridized carbons (Fsp3) is 0. The van der Waals surface area contributed by atoms with E-state index in [1.807, 2.05) is 91.0 Å². The fourth-order valence-corrected chi connectivity index (χ4v) is 5.90. The Morgan fingerprint density at radius 3 is 1.45 bits per heavy atom. The van der Waals surface area contributed by atoms with E-state index < -0.39 is 18.1 Å². The van der Waals surface area contributed by atoms with Crippen LogP contribution in [-0.2, 0) is 0 Å². The van der Waals surface area contributed by atoms with E-state index >= 15 is 0 Å². The third-order valence-corrected chi connectivity index (χ3v) is 8.43. The molecular formula is C45H29N3O. The summed E-state index contributed by atoms with van der Waals surface area (Å²) in [7, 11) is 0. The van der Waals surface area contributed by atoms with Crippen LogP contribution >= 0.6 is 0 Å². The molecule has 0 spiro atoms. The average molecular weight is 635 g/mol. The second-order valence-electron chi connectivity index (χ2n) is 11.5. The van der Waals surface area contributed by atoms with E-state index in [2.05, 4.69) is 24.3 Å². The molecule has 0 bridgehead atoms. The van der Waals surface area contributed by atoms with Gasteiger partial charge >= 0.3 is 0 Å². The molecule has 7 aromatic carbocycles. The van der Waals surface area contributed by atoms with Crippen LogP contribution in [0.4, 0.5) is 0 Å². The summed E-state index contributed by atoms with van der Waals surface area (Å²) in [6.45, 7) is 0. The zero-order valence-corrected chi connectivity index (χ0v) is 26.0. The van der Waals surface area contributed by atoms with Gasteiger partial charge < -0.3 is 4.42 Å². The number of rotatable bonds is 6. The number of hydrogen-bond acceptors (Lipinski definition) is 4. The molecule has 0 N–H and O–H groups in total. The molecule has 230 valence electrons. The van der Waals surface area contributed by atoms with Gasteiger partial charge in [-0.3, -0.25) is 0 Å². The van der Waals surface area contributed by atoms with Crippen LogP contribution in [0.15, 0.2) is 180 Å². The van der Waals surface area contributed by atoms with Gasteiger partial charge in [-0.1, -0.05) is 152 Å². The molecule has 0 aliphatic heterocycles. The van der Waals surface area contributed by atoms with Crippen molar-refractivity contribution in [2.24, 2.45) is 0 Å². The predicted octanol–water partition coefficient (Wildman–Crippen LogP) is 11.8. The van der Waals surface area contributed by atoms with Crippen LogP contribution in [0, 0.1) is 0 Å². The van der Waals surface area contributed by atoms with Crippen LogP contribution in [-0.4, -0.2) is 15.0 Å². The molecular weight excluding hydrogens is 599 g/mol. The summed E-state index contributed by atoms with van der Waals surface area (Å²) < 4.78 is 66.2. The molecule has 2 aromatic heterocycles. The average Bonchev–Trinajstić information content (AvgIpc) is 3.67. The number of para-hydroxylation sites is 1. The van der Waals surface area contributed by atoms with Crippen molar-refractivity contribution >= 4 is 21.9 Å². The smallest absolute Gasteiger partial charge is 0.164 e. The van der Waals surface area contributed by atoms with Crippen molar-refractivity contribution < 1.29 is 14.0 Å². The van der Waals surface area contributed by atoms with Gasteiger partial charge in [-0.25, -0.2) is 15.0 Å². The van der Waals surface area contributed by atoms with E-state index in [9.17, 15) is 0 Å². The monoisotopic (exact) mass is 634 g/mol. The van der Waals surface area contributed by atoms with E-state index in [1.165, 1.54) is 0 Å². The molecule has 0 saturated heterocycles. The topological polar surface area (TPSA) is 51.8 Å². The SMILES string of the molecule is [2H]c1c([2H])c([2H])c2c(oc3c([2H])c(-c4cccc(-c5nc(-c6ccc(-c7ccccc7)cc6)nc(-c6ccc(-c7ccccc7)cc6)n5)c4)c([2H])c([2H])c32)c1[2H]. The maximum Gasteiger partial charge on any atom is 0.164 e. The Labute approximate surface area is 293 Å². The molecule has 0 unspecified atom stereocenters. The van der Waals surface area contributed by atoms with Crippen LogP contribution in [0.5, 0.6) is 0 Å². The van der Waals surface area contributed by atoms with Gasteiger partial charge in [0.1, 0.15) is 11.2 Å². The fourth-order valence-electron chi connectivity index (χ4n) is 5.90.